The molecule has 3 aromatic rings. The maximum Gasteiger partial charge on any atom is 0.416 e. The van der Waals surface area contributed by atoms with Crippen LogP contribution in [0.1, 0.15) is 5.56 Å². The zero-order valence-corrected chi connectivity index (χ0v) is 16.5. The summed E-state index contributed by atoms with van der Waals surface area (Å²) in [6.07, 6.45) is -4.49. The molecule has 0 atom stereocenters. The molecule has 0 radical (unpaired) electrons. The molecule has 0 unspecified atom stereocenters. The summed E-state index contributed by atoms with van der Waals surface area (Å²) in [5.41, 5.74) is -0.623. The fraction of sp³-hybridized carbons (Fsp3) is 0.150. The van der Waals surface area contributed by atoms with E-state index in [1.165, 1.54) is 36.1 Å². The van der Waals surface area contributed by atoms with Crippen LogP contribution in [0.4, 0.5) is 18.9 Å². The second-order valence-electron chi connectivity index (χ2n) is 6.04. The van der Waals surface area contributed by atoms with E-state index in [9.17, 15) is 22.8 Å². The van der Waals surface area contributed by atoms with Crippen molar-refractivity contribution in [1.82, 2.24) is 9.78 Å². The third kappa shape index (κ3) is 5.41. The van der Waals surface area contributed by atoms with Gasteiger partial charge in [0.25, 0.3) is 5.56 Å². The molecule has 0 aliphatic heterocycles. The lowest BCUT2D eigenvalue weighted by Gasteiger charge is -2.10. The number of amides is 1. The second-order valence-corrected chi connectivity index (χ2v) is 7.03. The van der Waals surface area contributed by atoms with E-state index < -0.39 is 17.6 Å². The number of carbonyl (C=O) groups is 1. The Hall–Kier alpha value is -3.27. The molecular formula is C20H16F3N3O3S. The van der Waals surface area contributed by atoms with Crippen LogP contribution in [0.2, 0.25) is 0 Å². The zero-order chi connectivity index (χ0) is 21.7. The highest BCUT2D eigenvalue weighted by molar-refractivity contribution is 7.99. The van der Waals surface area contributed by atoms with Crippen molar-refractivity contribution < 1.29 is 22.7 Å². The van der Waals surface area contributed by atoms with Crippen LogP contribution in [0.5, 0.6) is 5.75 Å². The van der Waals surface area contributed by atoms with E-state index in [1.807, 2.05) is 0 Å². The molecule has 1 aromatic heterocycles. The van der Waals surface area contributed by atoms with Crippen LogP contribution in [0, 0.1) is 0 Å². The zero-order valence-electron chi connectivity index (χ0n) is 15.6. The van der Waals surface area contributed by atoms with E-state index in [0.717, 1.165) is 23.9 Å². The van der Waals surface area contributed by atoms with E-state index in [2.05, 4.69) is 10.4 Å². The first-order chi connectivity index (χ1) is 14.3. The van der Waals surface area contributed by atoms with E-state index in [0.29, 0.717) is 16.5 Å². The molecule has 0 fully saturated rings. The molecule has 30 heavy (non-hydrogen) atoms. The smallest absolute Gasteiger partial charge is 0.416 e. The van der Waals surface area contributed by atoms with Gasteiger partial charge >= 0.3 is 6.18 Å². The van der Waals surface area contributed by atoms with Crippen LogP contribution in [0.15, 0.2) is 70.5 Å². The Kier molecular flexibility index (Phi) is 6.46. The minimum absolute atomic E-state index is 0.0478. The summed E-state index contributed by atoms with van der Waals surface area (Å²) in [6, 6.07) is 13.9. The standard InChI is InChI=1S/C20H16F3N3O3S/c1-29-16-7-5-15(6-8-16)26-19(28)10-9-18(25-26)30-12-17(27)24-14-4-2-3-13(11-14)20(21,22)23/h2-11H,12H2,1H3,(H,24,27). The van der Waals surface area contributed by atoms with Crippen LogP contribution in [-0.4, -0.2) is 28.6 Å². The number of methoxy groups -OCH3 is 1. The molecule has 1 amide bonds. The Balaban J connectivity index is 1.67. The number of ether oxygens (including phenoxy) is 1. The predicted molar refractivity (Wildman–Crippen MR) is 107 cm³/mol. The average Bonchev–Trinajstić information content (AvgIpc) is 2.73. The van der Waals surface area contributed by atoms with E-state index >= 15 is 0 Å². The molecule has 1 heterocycles. The summed E-state index contributed by atoms with van der Waals surface area (Å²) >= 11 is 1.05. The maximum atomic E-state index is 12.8. The van der Waals surface area contributed by atoms with Crippen molar-refractivity contribution in [3.63, 3.8) is 0 Å². The molecule has 0 saturated carbocycles. The highest BCUT2D eigenvalue weighted by Gasteiger charge is 2.30. The number of aromatic nitrogens is 2. The third-order valence-electron chi connectivity index (χ3n) is 3.92. The summed E-state index contributed by atoms with van der Waals surface area (Å²) in [7, 11) is 1.53. The van der Waals surface area contributed by atoms with Crippen molar-refractivity contribution in [2.45, 2.75) is 11.2 Å². The van der Waals surface area contributed by atoms with Crippen molar-refractivity contribution in [2.75, 3.05) is 18.2 Å². The number of anilines is 1. The average molecular weight is 435 g/mol. The van der Waals surface area contributed by atoms with Gasteiger partial charge in [0.15, 0.2) is 0 Å². The molecule has 0 bridgehead atoms. The SMILES string of the molecule is COc1ccc(-n2nc(SCC(=O)Nc3cccc(C(F)(F)F)c3)ccc2=O)cc1. The predicted octanol–water partition coefficient (Wildman–Crippen LogP) is 3.99. The maximum absolute atomic E-state index is 12.8. The summed E-state index contributed by atoms with van der Waals surface area (Å²) in [4.78, 5) is 24.2. The minimum Gasteiger partial charge on any atom is -0.497 e. The van der Waals surface area contributed by atoms with Gasteiger partial charge in [-0.1, -0.05) is 17.8 Å². The highest BCUT2D eigenvalue weighted by atomic mass is 32.2. The van der Waals surface area contributed by atoms with Crippen LogP contribution >= 0.6 is 11.8 Å². The number of nitrogens with zero attached hydrogens (tertiary/aromatic N) is 2. The molecule has 1 N–H and O–H groups in total. The lowest BCUT2D eigenvalue weighted by molar-refractivity contribution is -0.137. The van der Waals surface area contributed by atoms with Crippen molar-refractivity contribution in [3.05, 3.63) is 76.6 Å². The van der Waals surface area contributed by atoms with Gasteiger partial charge in [-0.25, -0.2) is 0 Å². The quantitative estimate of drug-likeness (QED) is 0.593. The number of hydrogen-bond donors (Lipinski definition) is 1. The van der Waals surface area contributed by atoms with Crippen molar-refractivity contribution >= 4 is 23.4 Å². The Morgan fingerprint density at radius 2 is 1.87 bits per heavy atom. The molecule has 0 spiro atoms. The van der Waals surface area contributed by atoms with E-state index in [1.54, 1.807) is 24.3 Å². The van der Waals surface area contributed by atoms with Gasteiger partial charge in [-0.2, -0.15) is 23.0 Å². The molecule has 0 saturated heterocycles. The van der Waals surface area contributed by atoms with Crippen molar-refractivity contribution in [2.24, 2.45) is 0 Å². The Morgan fingerprint density at radius 3 is 2.53 bits per heavy atom. The summed E-state index contributed by atoms with van der Waals surface area (Å²) in [5, 5.41) is 7.05. The van der Waals surface area contributed by atoms with Gasteiger partial charge in [-0.05, 0) is 48.5 Å². The molecule has 156 valence electrons. The number of hydrogen-bond acceptors (Lipinski definition) is 5. The van der Waals surface area contributed by atoms with Gasteiger partial charge in [0.1, 0.15) is 10.8 Å². The number of thioether (sulfide) groups is 1. The first-order valence-electron chi connectivity index (χ1n) is 8.61. The minimum atomic E-state index is -4.49. The van der Waals surface area contributed by atoms with E-state index in [4.69, 9.17) is 4.74 Å². The number of halogens is 3. The number of carbonyl (C=O) groups excluding carboxylic acids is 1. The number of benzene rings is 2. The van der Waals surface area contributed by atoms with Gasteiger partial charge in [0, 0.05) is 11.8 Å². The monoisotopic (exact) mass is 435 g/mol. The van der Waals surface area contributed by atoms with Crippen molar-refractivity contribution in [3.8, 4) is 11.4 Å². The summed E-state index contributed by atoms with van der Waals surface area (Å²) in [5.74, 6) is 0.0382. The van der Waals surface area contributed by atoms with Gasteiger partial charge in [-0.15, -0.1) is 0 Å². The lowest BCUT2D eigenvalue weighted by Crippen LogP contribution is -2.21. The van der Waals surface area contributed by atoms with Gasteiger partial charge in [-0.3, -0.25) is 9.59 Å². The topological polar surface area (TPSA) is 73.2 Å². The Labute approximate surface area is 173 Å². The summed E-state index contributed by atoms with van der Waals surface area (Å²) in [6.45, 7) is 0. The van der Waals surface area contributed by atoms with Gasteiger partial charge in [0.05, 0.1) is 24.1 Å². The molecular weight excluding hydrogens is 419 g/mol. The highest BCUT2D eigenvalue weighted by Crippen LogP contribution is 2.30. The van der Waals surface area contributed by atoms with Gasteiger partial charge in [0.2, 0.25) is 5.91 Å². The molecule has 10 heteroatoms. The van der Waals surface area contributed by atoms with Crippen LogP contribution in [-0.2, 0) is 11.0 Å². The fourth-order valence-corrected chi connectivity index (χ4v) is 3.14. The lowest BCUT2D eigenvalue weighted by atomic mass is 10.2. The largest absolute Gasteiger partial charge is 0.497 e. The normalized spacial score (nSPS) is 11.2. The first kappa shape index (κ1) is 21.4. The fourth-order valence-electron chi connectivity index (χ4n) is 2.49. The molecule has 6 nitrogen and oxygen atoms in total. The van der Waals surface area contributed by atoms with Crippen LogP contribution in [0.3, 0.4) is 0 Å². The molecule has 0 aliphatic carbocycles. The van der Waals surface area contributed by atoms with Crippen LogP contribution < -0.4 is 15.6 Å². The molecule has 2 aromatic carbocycles. The number of alkyl halides is 3. The number of nitrogens with one attached hydrogen (secondary N) is 1. The van der Waals surface area contributed by atoms with Crippen molar-refractivity contribution in [1.29, 1.82) is 0 Å². The molecule has 3 rings (SSSR count). The van der Waals surface area contributed by atoms with Gasteiger partial charge < -0.3 is 10.1 Å². The summed E-state index contributed by atoms with van der Waals surface area (Å²) < 4.78 is 44.6. The number of rotatable bonds is 6. The van der Waals surface area contributed by atoms with E-state index in [-0.39, 0.29) is 17.0 Å². The second kappa shape index (κ2) is 9.04. The van der Waals surface area contributed by atoms with Crippen LogP contribution in [0.25, 0.3) is 5.69 Å². The Bertz CT molecular complexity index is 1100. The molecule has 0 aliphatic rings. The third-order valence-corrected chi connectivity index (χ3v) is 4.84. The Morgan fingerprint density at radius 1 is 1.13 bits per heavy atom. The first-order valence-corrected chi connectivity index (χ1v) is 9.59.